The third-order valence-electron chi connectivity index (χ3n) is 6.98. The van der Waals surface area contributed by atoms with Crippen molar-refractivity contribution in [2.45, 2.75) is 26.7 Å². The molecule has 7 heteroatoms. The van der Waals surface area contributed by atoms with Gasteiger partial charge in [-0.3, -0.25) is 23.9 Å². The normalized spacial score (nSPS) is 11.4. The van der Waals surface area contributed by atoms with Crippen LogP contribution in [0.5, 0.6) is 0 Å². The van der Waals surface area contributed by atoms with Crippen LogP contribution in [0.25, 0.3) is 11.4 Å². The highest BCUT2D eigenvalue weighted by atomic mass is 16.1. The zero-order chi connectivity index (χ0) is 25.6. The van der Waals surface area contributed by atoms with Gasteiger partial charge in [-0.05, 0) is 57.2 Å². The van der Waals surface area contributed by atoms with Crippen molar-refractivity contribution < 1.29 is 0 Å². The molecular weight excluding hydrogens is 450 g/mol. The predicted molar refractivity (Wildman–Crippen MR) is 141 cm³/mol. The lowest BCUT2D eigenvalue weighted by molar-refractivity contribution is 0.630. The summed E-state index contributed by atoms with van der Waals surface area (Å²) in [5.74, 6) is -0.628. The van der Waals surface area contributed by atoms with Crippen LogP contribution in [0.15, 0.2) is 88.5 Å². The maximum absolute atomic E-state index is 14.1. The summed E-state index contributed by atoms with van der Waals surface area (Å²) in [5.41, 5.74) is 5.36. The smallest absolute Gasteiger partial charge is 0.275 e. The van der Waals surface area contributed by atoms with E-state index < -0.39 is 5.92 Å². The maximum Gasteiger partial charge on any atom is 0.275 e. The van der Waals surface area contributed by atoms with Gasteiger partial charge in [0.2, 0.25) is 0 Å². The summed E-state index contributed by atoms with van der Waals surface area (Å²) in [4.78, 5) is 32.9. The van der Waals surface area contributed by atoms with Crippen LogP contribution in [0, 0.1) is 20.8 Å². The maximum atomic E-state index is 14.1. The SMILES string of the molecule is Cc1cccc(C(c2c(C)n(C)n(-c3ccccc3)c2=O)c2c(C)n(C)n(-c3ccccc3)c2=O)n1. The predicted octanol–water partition coefficient (Wildman–Crippen LogP) is 4.17. The van der Waals surface area contributed by atoms with Crippen LogP contribution in [0.1, 0.15) is 39.8 Å². The summed E-state index contributed by atoms with van der Waals surface area (Å²) >= 11 is 0. The van der Waals surface area contributed by atoms with Gasteiger partial charge in [0.05, 0.1) is 34.1 Å². The van der Waals surface area contributed by atoms with Crippen molar-refractivity contribution in [2.24, 2.45) is 14.1 Å². The van der Waals surface area contributed by atoms with Gasteiger partial charge in [-0.1, -0.05) is 42.5 Å². The molecule has 5 aromatic rings. The molecule has 0 saturated heterocycles. The average molecular weight is 480 g/mol. The van der Waals surface area contributed by atoms with Crippen molar-refractivity contribution in [3.63, 3.8) is 0 Å². The fourth-order valence-electron chi connectivity index (χ4n) is 5.01. The van der Waals surface area contributed by atoms with Gasteiger partial charge in [0.1, 0.15) is 0 Å². The van der Waals surface area contributed by atoms with E-state index in [0.717, 1.165) is 28.5 Å². The molecule has 0 aliphatic rings. The average Bonchev–Trinajstić information content (AvgIpc) is 3.24. The molecule has 3 aromatic heterocycles. The Morgan fingerprint density at radius 2 is 1.06 bits per heavy atom. The van der Waals surface area contributed by atoms with Crippen molar-refractivity contribution in [3.8, 4) is 11.4 Å². The number of benzene rings is 2. The minimum atomic E-state index is -0.628. The Bertz CT molecular complexity index is 1570. The van der Waals surface area contributed by atoms with Gasteiger partial charge in [-0.15, -0.1) is 0 Å². The zero-order valence-electron chi connectivity index (χ0n) is 21.1. The van der Waals surface area contributed by atoms with E-state index in [2.05, 4.69) is 0 Å². The number of aromatic nitrogens is 5. The fraction of sp³-hybridized carbons (Fsp3) is 0.207. The molecule has 0 fully saturated rings. The molecule has 0 atom stereocenters. The van der Waals surface area contributed by atoms with Crippen LogP contribution < -0.4 is 11.1 Å². The number of hydrogen-bond acceptors (Lipinski definition) is 3. The number of aryl methyl sites for hydroxylation is 1. The fourth-order valence-corrected chi connectivity index (χ4v) is 5.01. The number of rotatable bonds is 5. The molecule has 0 radical (unpaired) electrons. The lowest BCUT2D eigenvalue weighted by Crippen LogP contribution is -2.26. The summed E-state index contributed by atoms with van der Waals surface area (Å²) in [6.45, 7) is 5.76. The van der Waals surface area contributed by atoms with Gasteiger partial charge in [0.25, 0.3) is 11.1 Å². The van der Waals surface area contributed by atoms with Crippen LogP contribution in [-0.2, 0) is 14.1 Å². The molecule has 2 aromatic carbocycles. The topological polar surface area (TPSA) is 66.8 Å². The number of hydrogen-bond donors (Lipinski definition) is 0. The van der Waals surface area contributed by atoms with Crippen molar-refractivity contribution in [1.29, 1.82) is 0 Å². The van der Waals surface area contributed by atoms with E-state index in [-0.39, 0.29) is 11.1 Å². The second-order valence-electron chi connectivity index (χ2n) is 9.09. The van der Waals surface area contributed by atoms with Crippen molar-refractivity contribution >= 4 is 0 Å². The van der Waals surface area contributed by atoms with Gasteiger partial charge in [0.15, 0.2) is 0 Å². The molecule has 0 saturated carbocycles. The Labute approximate surface area is 209 Å². The van der Waals surface area contributed by atoms with Crippen LogP contribution >= 0.6 is 0 Å². The Kier molecular flexibility index (Phi) is 5.84. The molecule has 0 aliphatic carbocycles. The van der Waals surface area contributed by atoms with E-state index in [1.54, 1.807) is 9.36 Å². The van der Waals surface area contributed by atoms with Gasteiger partial charge < -0.3 is 0 Å². The van der Waals surface area contributed by atoms with Crippen molar-refractivity contribution in [3.05, 3.63) is 133 Å². The molecule has 0 amide bonds. The minimum absolute atomic E-state index is 0.163. The Morgan fingerprint density at radius 3 is 1.47 bits per heavy atom. The third kappa shape index (κ3) is 3.64. The first-order chi connectivity index (χ1) is 17.3. The van der Waals surface area contributed by atoms with E-state index in [4.69, 9.17) is 4.98 Å². The summed E-state index contributed by atoms with van der Waals surface area (Å²) in [7, 11) is 3.74. The van der Waals surface area contributed by atoms with E-state index in [9.17, 15) is 9.59 Å². The van der Waals surface area contributed by atoms with E-state index >= 15 is 0 Å². The Morgan fingerprint density at radius 1 is 0.611 bits per heavy atom. The monoisotopic (exact) mass is 479 g/mol. The molecule has 36 heavy (non-hydrogen) atoms. The van der Waals surface area contributed by atoms with Gasteiger partial charge in [-0.25, -0.2) is 9.36 Å². The van der Waals surface area contributed by atoms with Crippen LogP contribution in [0.2, 0.25) is 0 Å². The van der Waals surface area contributed by atoms with Gasteiger partial charge in [-0.2, -0.15) is 0 Å². The molecule has 0 aliphatic heterocycles. The van der Waals surface area contributed by atoms with E-state index in [1.165, 1.54) is 0 Å². The highest BCUT2D eigenvalue weighted by Crippen LogP contribution is 2.32. The molecule has 5 rings (SSSR count). The first kappa shape index (κ1) is 23.4. The van der Waals surface area contributed by atoms with Gasteiger partial charge in [0, 0.05) is 31.2 Å². The summed E-state index contributed by atoms with van der Waals surface area (Å²) in [5, 5.41) is 0. The second-order valence-corrected chi connectivity index (χ2v) is 9.09. The quantitative estimate of drug-likeness (QED) is 0.380. The number of pyridine rings is 1. The molecule has 3 heterocycles. The molecule has 182 valence electrons. The van der Waals surface area contributed by atoms with Crippen LogP contribution in [0.3, 0.4) is 0 Å². The zero-order valence-corrected chi connectivity index (χ0v) is 21.1. The first-order valence-corrected chi connectivity index (χ1v) is 11.9. The van der Waals surface area contributed by atoms with Crippen molar-refractivity contribution in [2.75, 3.05) is 0 Å². The number of nitrogens with zero attached hydrogens (tertiary/aromatic N) is 5. The van der Waals surface area contributed by atoms with Gasteiger partial charge >= 0.3 is 0 Å². The first-order valence-electron chi connectivity index (χ1n) is 11.9. The summed E-state index contributed by atoms with van der Waals surface area (Å²) in [6, 6.07) is 24.8. The standard InChI is InChI=1S/C29H29N5O2/c1-19-13-12-18-24(30-19)27(25-20(2)31(4)33(28(25)35)22-14-8-6-9-15-22)26-21(3)32(5)34(29(26)36)23-16-10-7-11-17-23/h6-18,27H,1-5H3. The molecule has 0 unspecified atom stereocenters. The molecule has 0 N–H and O–H groups in total. The second kappa shape index (κ2) is 9.00. The van der Waals surface area contributed by atoms with Crippen molar-refractivity contribution in [1.82, 2.24) is 23.7 Å². The molecule has 0 bridgehead atoms. The lowest BCUT2D eigenvalue weighted by atomic mass is 9.88. The molecule has 7 nitrogen and oxygen atoms in total. The third-order valence-corrected chi connectivity index (χ3v) is 6.98. The van der Waals surface area contributed by atoms with E-state index in [0.29, 0.717) is 16.8 Å². The Hall–Kier alpha value is -4.39. The lowest BCUT2D eigenvalue weighted by Gasteiger charge is -2.16. The van der Waals surface area contributed by atoms with Crippen LogP contribution in [-0.4, -0.2) is 23.7 Å². The summed E-state index contributed by atoms with van der Waals surface area (Å²) < 4.78 is 7.01. The molecular formula is C29H29N5O2. The highest BCUT2D eigenvalue weighted by Gasteiger charge is 2.33. The largest absolute Gasteiger partial charge is 0.285 e. The Balaban J connectivity index is 1.85. The molecule has 0 spiro atoms. The van der Waals surface area contributed by atoms with Crippen LogP contribution in [0.4, 0.5) is 0 Å². The summed E-state index contributed by atoms with van der Waals surface area (Å²) in [6.07, 6.45) is 0. The van der Waals surface area contributed by atoms with E-state index in [1.807, 2.05) is 123 Å². The minimum Gasteiger partial charge on any atom is -0.285 e. The highest BCUT2D eigenvalue weighted by molar-refractivity contribution is 5.46. The number of para-hydroxylation sites is 2.